The number of para-hydroxylation sites is 2. The van der Waals surface area contributed by atoms with Crippen molar-refractivity contribution in [3.63, 3.8) is 0 Å². The maximum atomic E-state index is 9.53. The van der Waals surface area contributed by atoms with Crippen molar-refractivity contribution in [3.8, 4) is 50.2 Å². The zero-order valence-corrected chi connectivity index (χ0v) is 28.2. The normalized spacial score (nSPS) is 15.6. The smallest absolute Gasteiger partial charge is 0.114 e. The number of benzene rings is 9. The van der Waals surface area contributed by atoms with Gasteiger partial charge in [0.2, 0.25) is 0 Å². The van der Waals surface area contributed by atoms with Crippen molar-refractivity contribution < 1.29 is 17.8 Å². The van der Waals surface area contributed by atoms with Crippen molar-refractivity contribution in [1.29, 1.82) is 0 Å². The molecule has 0 aliphatic rings. The van der Waals surface area contributed by atoms with Crippen molar-refractivity contribution in [2.24, 2.45) is 0 Å². The van der Waals surface area contributed by atoms with Gasteiger partial charge in [-0.3, -0.25) is 4.57 Å². The van der Waals surface area contributed by atoms with Gasteiger partial charge < -0.3 is 0 Å². The lowest BCUT2D eigenvalue weighted by Gasteiger charge is -2.19. The monoisotopic (exact) mass is 689 g/mol. The molecular weight excluding hydrogens is 641 g/mol. The van der Waals surface area contributed by atoms with Crippen molar-refractivity contribution in [3.05, 3.63) is 194 Å². The molecule has 0 bridgehead atoms. The van der Waals surface area contributed by atoms with E-state index in [9.17, 15) is 5.48 Å². The molecule has 0 N–H and O–H groups in total. The molecule has 2 nitrogen and oxygen atoms in total. The Morgan fingerprint density at radius 3 is 1.66 bits per heavy atom. The summed E-state index contributed by atoms with van der Waals surface area (Å²) in [6, 6.07) is 39.1. The van der Waals surface area contributed by atoms with Crippen LogP contribution in [0.15, 0.2) is 188 Å². The van der Waals surface area contributed by atoms with Gasteiger partial charge in [-0.1, -0.05) is 146 Å². The third-order valence-corrected chi connectivity index (χ3v) is 9.85. The summed E-state index contributed by atoms with van der Waals surface area (Å²) in [4.78, 5) is 4.45. The van der Waals surface area contributed by atoms with Crippen LogP contribution in [-0.4, -0.2) is 9.55 Å². The molecule has 0 aliphatic heterocycles. The van der Waals surface area contributed by atoms with Gasteiger partial charge in [-0.25, -0.2) is 4.98 Å². The summed E-state index contributed by atoms with van der Waals surface area (Å²) in [6.45, 7) is -3.03. The van der Waals surface area contributed by atoms with Crippen LogP contribution >= 0.6 is 0 Å². The molecule has 53 heavy (non-hydrogen) atoms. The second kappa shape index (κ2) is 12.8. The molecule has 0 saturated heterocycles. The van der Waals surface area contributed by atoms with Gasteiger partial charge in [0.25, 0.3) is 0 Å². The van der Waals surface area contributed by atoms with E-state index in [1.165, 1.54) is 4.57 Å². The quantitative estimate of drug-likeness (QED) is 0.159. The third-order valence-electron chi connectivity index (χ3n) is 9.85. The zero-order valence-electron chi connectivity index (χ0n) is 41.2. The van der Waals surface area contributed by atoms with E-state index in [1.807, 2.05) is 78.9 Å². The minimum Gasteiger partial charge on any atom is -0.296 e. The Bertz CT molecular complexity index is 3500. The Kier molecular flexibility index (Phi) is 4.90. The SMILES string of the molecule is [2H]c1c([2H])c([2H])c2c(-c3ccc4cc(-n5c(C([2H])([2H])C([2H])([2H])[2H])nc6ccccc65)ccc4c3)c3c([2H])c([2H])c([2H])c([2H])c3c(-c3cc(-c4ccccc4)cc(-c4ccccc4)c3)c2c1[2H]. The second-order valence-corrected chi connectivity index (χ2v) is 12.9. The molecule has 1 aromatic heterocycles. The van der Waals surface area contributed by atoms with Crippen LogP contribution in [0, 0.1) is 0 Å². The zero-order chi connectivity index (χ0) is 46.6. The summed E-state index contributed by atoms with van der Waals surface area (Å²) in [5.41, 5.74) is 6.04. The summed E-state index contributed by atoms with van der Waals surface area (Å²) in [5.74, 6) is -0.286. The Morgan fingerprint density at radius 1 is 0.509 bits per heavy atom. The lowest BCUT2D eigenvalue weighted by atomic mass is 9.84. The van der Waals surface area contributed by atoms with Crippen LogP contribution < -0.4 is 0 Å². The predicted octanol–water partition coefficient (Wildman–Crippen LogP) is 13.7. The summed E-state index contributed by atoms with van der Waals surface area (Å²) < 4.78 is 117. The number of aromatic nitrogens is 2. The van der Waals surface area contributed by atoms with Crippen molar-refractivity contribution in [2.45, 2.75) is 13.2 Å². The van der Waals surface area contributed by atoms with Crippen LogP contribution in [-0.2, 0) is 6.37 Å². The van der Waals surface area contributed by atoms with Crippen LogP contribution in [0.3, 0.4) is 0 Å². The first kappa shape index (κ1) is 20.3. The van der Waals surface area contributed by atoms with Crippen molar-refractivity contribution in [1.82, 2.24) is 9.55 Å². The number of nitrogens with zero attached hydrogens (tertiary/aromatic N) is 2. The largest absolute Gasteiger partial charge is 0.296 e. The van der Waals surface area contributed by atoms with E-state index in [0.717, 1.165) is 22.3 Å². The average Bonchev–Trinajstić information content (AvgIpc) is 3.73. The first-order valence-electron chi connectivity index (χ1n) is 23.7. The number of imidazole rings is 1. The van der Waals surface area contributed by atoms with E-state index in [2.05, 4.69) is 4.98 Å². The fraction of sp³-hybridized carbons (Fsp3) is 0.0392. The molecule has 0 radical (unpaired) electrons. The molecule has 0 aliphatic carbocycles. The topological polar surface area (TPSA) is 17.8 Å². The highest BCUT2D eigenvalue weighted by molar-refractivity contribution is 6.22. The summed E-state index contributed by atoms with van der Waals surface area (Å²) >= 11 is 0. The second-order valence-electron chi connectivity index (χ2n) is 12.9. The summed E-state index contributed by atoms with van der Waals surface area (Å²) in [7, 11) is 0. The van der Waals surface area contributed by atoms with Gasteiger partial charge in [-0.15, -0.1) is 0 Å². The lowest BCUT2D eigenvalue weighted by Crippen LogP contribution is -2.00. The molecule has 0 spiro atoms. The summed E-state index contributed by atoms with van der Waals surface area (Å²) in [6.07, 6.45) is -2.81. The number of rotatable bonds is 6. The Balaban J connectivity index is 1.29. The number of fused-ring (bicyclic) bond motifs is 4. The van der Waals surface area contributed by atoms with Crippen LogP contribution in [0.4, 0.5) is 0 Å². The molecule has 9 aromatic carbocycles. The van der Waals surface area contributed by atoms with E-state index < -0.39 is 37.4 Å². The van der Waals surface area contributed by atoms with Crippen molar-refractivity contribution >= 4 is 43.4 Å². The fourth-order valence-electron chi connectivity index (χ4n) is 7.47. The van der Waals surface area contributed by atoms with Gasteiger partial charge in [-0.05, 0) is 125 Å². The van der Waals surface area contributed by atoms with Gasteiger partial charge in [0.05, 0.1) is 22.0 Å². The van der Waals surface area contributed by atoms with Gasteiger partial charge >= 0.3 is 0 Å². The van der Waals surface area contributed by atoms with E-state index in [4.69, 9.17) is 12.3 Å². The molecule has 0 unspecified atom stereocenters. The lowest BCUT2D eigenvalue weighted by molar-refractivity contribution is 0.909. The van der Waals surface area contributed by atoms with Gasteiger partial charge in [-0.2, -0.15) is 0 Å². The molecule has 0 amide bonds. The molecule has 1 heterocycles. The van der Waals surface area contributed by atoms with Crippen LogP contribution in [0.2, 0.25) is 0 Å². The number of hydrogen-bond acceptors (Lipinski definition) is 1. The summed E-state index contributed by atoms with van der Waals surface area (Å²) in [5, 5.41) is 1.63. The Morgan fingerprint density at radius 2 is 1.04 bits per heavy atom. The first-order chi connectivity index (χ1) is 31.5. The molecular formula is C51H36N2. The minimum atomic E-state index is -3.03. The maximum Gasteiger partial charge on any atom is 0.114 e. The molecule has 10 rings (SSSR count). The van der Waals surface area contributed by atoms with E-state index in [1.54, 1.807) is 60.7 Å². The Labute approximate surface area is 327 Å². The minimum absolute atomic E-state index is 0.0808. The molecule has 0 atom stereocenters. The highest BCUT2D eigenvalue weighted by atomic mass is 15.1. The number of hydrogen-bond donors (Lipinski definition) is 0. The highest BCUT2D eigenvalue weighted by Gasteiger charge is 2.19. The van der Waals surface area contributed by atoms with Gasteiger partial charge in [0.15, 0.2) is 0 Å². The Hall–Kier alpha value is -6.77. The number of aryl methyl sites for hydroxylation is 1. The molecule has 250 valence electrons. The van der Waals surface area contributed by atoms with Gasteiger partial charge in [0.1, 0.15) is 5.82 Å². The first-order valence-corrected chi connectivity index (χ1v) is 17.2. The predicted molar refractivity (Wildman–Crippen MR) is 225 cm³/mol. The van der Waals surface area contributed by atoms with E-state index >= 15 is 0 Å². The highest BCUT2D eigenvalue weighted by Crippen LogP contribution is 2.45. The molecule has 0 saturated carbocycles. The fourth-order valence-corrected chi connectivity index (χ4v) is 7.47. The van der Waals surface area contributed by atoms with Crippen LogP contribution in [0.25, 0.3) is 93.5 Å². The molecule has 0 fully saturated rings. The van der Waals surface area contributed by atoms with Crippen LogP contribution in [0.5, 0.6) is 0 Å². The maximum absolute atomic E-state index is 9.53. The van der Waals surface area contributed by atoms with E-state index in [-0.39, 0.29) is 62.7 Å². The average molecular weight is 690 g/mol. The molecule has 10 aromatic rings. The molecule has 2 heteroatoms. The third kappa shape index (κ3) is 5.30. The van der Waals surface area contributed by atoms with Crippen LogP contribution in [0.1, 0.15) is 30.5 Å². The van der Waals surface area contributed by atoms with E-state index in [0.29, 0.717) is 38.6 Å². The van der Waals surface area contributed by atoms with Gasteiger partial charge in [0, 0.05) is 18.9 Å². The van der Waals surface area contributed by atoms with Crippen molar-refractivity contribution in [2.75, 3.05) is 0 Å². The standard InChI is InChI=1S/C51H36N2/c1-2-49-52-47-23-13-14-24-48(47)53(49)42-28-27-36-29-38(26-25-37(36)33-42)50-43-19-9-11-21-45(43)51(46-22-12-10-20-44(46)50)41-31-39(34-15-5-3-6-16-34)30-40(32-41)35-17-7-4-8-18-35/h3-33H,2H2,1H3/i1D3,2D2,9D,10D,11D,12D,19D,20D,21D,22D.